The number of benzene rings is 2. The van der Waals surface area contributed by atoms with Crippen LogP contribution < -0.4 is 5.32 Å². The van der Waals surface area contributed by atoms with Crippen LogP contribution in [0.2, 0.25) is 0 Å². The molecule has 2 amide bonds. The standard InChI is InChI=1S/C22H24N4O3/c1-2-16-6-5-7-17(14-16)23-20(27)15-26-19-9-4-3-8-18(19)21(24-26)22(28)25-10-12-29-13-11-25/h3-9,14H,2,10-13,15H2,1H3,(H,23,27). The second-order valence-corrected chi connectivity index (χ2v) is 7.03. The van der Waals surface area contributed by atoms with Crippen molar-refractivity contribution in [2.24, 2.45) is 0 Å². The highest BCUT2D eigenvalue weighted by Gasteiger charge is 2.24. The monoisotopic (exact) mass is 392 g/mol. The summed E-state index contributed by atoms with van der Waals surface area (Å²) in [6.07, 6.45) is 0.903. The summed E-state index contributed by atoms with van der Waals surface area (Å²) >= 11 is 0. The van der Waals surface area contributed by atoms with Gasteiger partial charge in [0.2, 0.25) is 5.91 Å². The summed E-state index contributed by atoms with van der Waals surface area (Å²) in [5.74, 6) is -0.309. The van der Waals surface area contributed by atoms with Crippen molar-refractivity contribution in [1.29, 1.82) is 0 Å². The summed E-state index contributed by atoms with van der Waals surface area (Å²) in [5, 5.41) is 8.18. The molecular formula is C22H24N4O3. The molecule has 0 saturated carbocycles. The average Bonchev–Trinajstić information content (AvgIpc) is 3.12. The predicted octanol–water partition coefficient (Wildman–Crippen LogP) is 2.71. The van der Waals surface area contributed by atoms with E-state index >= 15 is 0 Å². The lowest BCUT2D eigenvalue weighted by atomic mass is 10.1. The van der Waals surface area contributed by atoms with Gasteiger partial charge in [-0.1, -0.05) is 37.3 Å². The highest BCUT2D eigenvalue weighted by Crippen LogP contribution is 2.21. The molecule has 1 aliphatic heterocycles. The van der Waals surface area contributed by atoms with Crippen LogP contribution in [0.5, 0.6) is 0 Å². The van der Waals surface area contributed by atoms with E-state index < -0.39 is 0 Å². The number of amides is 2. The zero-order valence-electron chi connectivity index (χ0n) is 16.4. The summed E-state index contributed by atoms with van der Waals surface area (Å²) in [7, 11) is 0. The number of aromatic nitrogens is 2. The molecule has 0 spiro atoms. The molecule has 4 rings (SSSR count). The number of hydrogen-bond acceptors (Lipinski definition) is 4. The van der Waals surface area contributed by atoms with Crippen molar-refractivity contribution in [3.63, 3.8) is 0 Å². The van der Waals surface area contributed by atoms with Crippen LogP contribution >= 0.6 is 0 Å². The Morgan fingerprint density at radius 3 is 2.69 bits per heavy atom. The van der Waals surface area contributed by atoms with E-state index in [9.17, 15) is 9.59 Å². The Kier molecular flexibility index (Phi) is 5.57. The first kappa shape index (κ1) is 19.1. The molecule has 1 fully saturated rings. The first-order valence-electron chi connectivity index (χ1n) is 9.87. The van der Waals surface area contributed by atoms with Crippen LogP contribution in [0.25, 0.3) is 10.9 Å². The highest BCUT2D eigenvalue weighted by atomic mass is 16.5. The second kappa shape index (κ2) is 8.45. The third-order valence-electron chi connectivity index (χ3n) is 5.07. The molecule has 29 heavy (non-hydrogen) atoms. The molecule has 1 aromatic heterocycles. The number of rotatable bonds is 5. The van der Waals surface area contributed by atoms with Crippen molar-refractivity contribution in [3.8, 4) is 0 Å². The number of nitrogens with zero attached hydrogens (tertiary/aromatic N) is 3. The average molecular weight is 392 g/mol. The highest BCUT2D eigenvalue weighted by molar-refractivity contribution is 6.05. The third kappa shape index (κ3) is 4.14. The zero-order valence-corrected chi connectivity index (χ0v) is 16.4. The minimum atomic E-state index is -0.183. The van der Waals surface area contributed by atoms with Crippen LogP contribution in [0.4, 0.5) is 5.69 Å². The van der Waals surface area contributed by atoms with Crippen LogP contribution in [0.3, 0.4) is 0 Å². The zero-order chi connectivity index (χ0) is 20.2. The molecule has 0 atom stereocenters. The lowest BCUT2D eigenvalue weighted by Crippen LogP contribution is -2.41. The van der Waals surface area contributed by atoms with Gasteiger partial charge in [0.1, 0.15) is 6.54 Å². The fourth-order valence-corrected chi connectivity index (χ4v) is 3.53. The van der Waals surface area contributed by atoms with E-state index in [0.717, 1.165) is 28.6 Å². The number of morpholine rings is 1. The fraction of sp³-hybridized carbons (Fsp3) is 0.318. The van der Waals surface area contributed by atoms with Gasteiger partial charge in [-0.2, -0.15) is 5.10 Å². The van der Waals surface area contributed by atoms with E-state index in [2.05, 4.69) is 17.3 Å². The third-order valence-corrected chi connectivity index (χ3v) is 5.07. The van der Waals surface area contributed by atoms with Crippen molar-refractivity contribution in [3.05, 3.63) is 59.8 Å². The van der Waals surface area contributed by atoms with Crippen molar-refractivity contribution in [2.75, 3.05) is 31.6 Å². The van der Waals surface area contributed by atoms with Crippen LogP contribution in [-0.4, -0.2) is 52.8 Å². The fourth-order valence-electron chi connectivity index (χ4n) is 3.53. The second-order valence-electron chi connectivity index (χ2n) is 7.03. The van der Waals surface area contributed by atoms with Gasteiger partial charge < -0.3 is 15.0 Å². The molecule has 150 valence electrons. The molecule has 7 heteroatoms. The van der Waals surface area contributed by atoms with E-state index in [-0.39, 0.29) is 18.4 Å². The van der Waals surface area contributed by atoms with Gasteiger partial charge in [0.25, 0.3) is 5.91 Å². The molecule has 0 unspecified atom stereocenters. The quantitative estimate of drug-likeness (QED) is 0.724. The number of hydrogen-bond donors (Lipinski definition) is 1. The van der Waals surface area contributed by atoms with Crippen LogP contribution in [0.15, 0.2) is 48.5 Å². The molecule has 0 bridgehead atoms. The van der Waals surface area contributed by atoms with Crippen molar-refractivity contribution < 1.29 is 14.3 Å². The predicted molar refractivity (Wildman–Crippen MR) is 111 cm³/mol. The SMILES string of the molecule is CCc1cccc(NC(=O)Cn2nc(C(=O)N3CCOCC3)c3ccccc32)c1. The number of anilines is 1. The van der Waals surface area contributed by atoms with E-state index in [0.29, 0.717) is 32.0 Å². The summed E-state index contributed by atoms with van der Waals surface area (Å²) in [6, 6.07) is 15.3. The van der Waals surface area contributed by atoms with Gasteiger partial charge in [-0.3, -0.25) is 14.3 Å². The van der Waals surface area contributed by atoms with Gasteiger partial charge in [0.05, 0.1) is 18.7 Å². The molecular weight excluding hydrogens is 368 g/mol. The van der Waals surface area contributed by atoms with Gasteiger partial charge in [0, 0.05) is 24.2 Å². The Hall–Kier alpha value is -3.19. The lowest BCUT2D eigenvalue weighted by molar-refractivity contribution is -0.116. The minimum Gasteiger partial charge on any atom is -0.378 e. The maximum absolute atomic E-state index is 13.0. The Bertz CT molecular complexity index is 1040. The normalized spacial score (nSPS) is 14.2. The van der Waals surface area contributed by atoms with Crippen LogP contribution in [-0.2, 0) is 22.5 Å². The van der Waals surface area contributed by atoms with Crippen molar-refractivity contribution >= 4 is 28.4 Å². The molecule has 3 aromatic rings. The van der Waals surface area contributed by atoms with E-state index in [1.165, 1.54) is 0 Å². The minimum absolute atomic E-state index is 0.0350. The molecule has 1 saturated heterocycles. The van der Waals surface area contributed by atoms with E-state index in [4.69, 9.17) is 4.74 Å². The maximum atomic E-state index is 13.0. The number of aryl methyl sites for hydroxylation is 1. The Balaban J connectivity index is 1.57. The van der Waals surface area contributed by atoms with Crippen molar-refractivity contribution in [1.82, 2.24) is 14.7 Å². The van der Waals surface area contributed by atoms with E-state index in [1.807, 2.05) is 48.5 Å². The number of carbonyl (C=O) groups excluding carboxylic acids is 2. The smallest absolute Gasteiger partial charge is 0.275 e. The summed E-state index contributed by atoms with van der Waals surface area (Å²) < 4.78 is 6.93. The lowest BCUT2D eigenvalue weighted by Gasteiger charge is -2.26. The van der Waals surface area contributed by atoms with E-state index in [1.54, 1.807) is 9.58 Å². The van der Waals surface area contributed by atoms with Crippen LogP contribution in [0, 0.1) is 0 Å². The Labute approximate surface area is 169 Å². The van der Waals surface area contributed by atoms with Crippen molar-refractivity contribution in [2.45, 2.75) is 19.9 Å². The number of para-hydroxylation sites is 1. The molecule has 7 nitrogen and oxygen atoms in total. The number of nitrogens with one attached hydrogen (secondary N) is 1. The first-order chi connectivity index (χ1) is 14.2. The summed E-state index contributed by atoms with van der Waals surface area (Å²) in [6.45, 7) is 4.27. The Morgan fingerprint density at radius 1 is 1.10 bits per heavy atom. The number of fused-ring (bicyclic) bond motifs is 1. The molecule has 1 N–H and O–H groups in total. The van der Waals surface area contributed by atoms with Gasteiger partial charge in [-0.15, -0.1) is 0 Å². The molecule has 2 aromatic carbocycles. The maximum Gasteiger partial charge on any atom is 0.275 e. The number of ether oxygens (including phenoxy) is 1. The topological polar surface area (TPSA) is 76.5 Å². The summed E-state index contributed by atoms with van der Waals surface area (Å²) in [5.41, 5.74) is 3.06. The largest absolute Gasteiger partial charge is 0.378 e. The van der Waals surface area contributed by atoms with Gasteiger partial charge >= 0.3 is 0 Å². The van der Waals surface area contributed by atoms with Gasteiger partial charge in [0.15, 0.2) is 5.69 Å². The van der Waals surface area contributed by atoms with Gasteiger partial charge in [-0.25, -0.2) is 0 Å². The van der Waals surface area contributed by atoms with Crippen LogP contribution in [0.1, 0.15) is 23.0 Å². The summed E-state index contributed by atoms with van der Waals surface area (Å²) in [4.78, 5) is 27.3. The Morgan fingerprint density at radius 2 is 1.90 bits per heavy atom. The molecule has 2 heterocycles. The first-order valence-corrected chi connectivity index (χ1v) is 9.87. The van der Waals surface area contributed by atoms with Gasteiger partial charge in [-0.05, 0) is 30.2 Å². The molecule has 1 aliphatic rings. The molecule has 0 radical (unpaired) electrons. The molecule has 0 aliphatic carbocycles. The number of carbonyl (C=O) groups is 2.